The van der Waals surface area contributed by atoms with Crippen molar-refractivity contribution in [3.8, 4) is 17.0 Å². The number of nitrogens with one attached hydrogen (secondary N) is 2. The van der Waals surface area contributed by atoms with Gasteiger partial charge in [0.25, 0.3) is 0 Å². The number of amides is 2. The fourth-order valence-corrected chi connectivity index (χ4v) is 3.97. The number of alkyl halides is 2. The number of hydrogen-bond acceptors (Lipinski definition) is 4. The van der Waals surface area contributed by atoms with Gasteiger partial charge in [0.2, 0.25) is 0 Å². The highest BCUT2D eigenvalue weighted by Gasteiger charge is 2.17. The Bertz CT molecular complexity index is 1200. The number of fused-ring (bicyclic) bond motifs is 1. The molecule has 0 aliphatic rings. The Morgan fingerprint density at radius 1 is 1.00 bits per heavy atom. The number of aromatic nitrogens is 1. The van der Waals surface area contributed by atoms with Gasteiger partial charge in [-0.1, -0.05) is 48.5 Å². The van der Waals surface area contributed by atoms with Gasteiger partial charge in [0.1, 0.15) is 5.75 Å². The van der Waals surface area contributed by atoms with Gasteiger partial charge < -0.3 is 10.1 Å². The Kier molecular flexibility index (Phi) is 5.58. The number of carbonyl (C=O) groups excluding carboxylic acids is 1. The maximum Gasteiger partial charge on any atom is 0.387 e. The summed E-state index contributed by atoms with van der Waals surface area (Å²) in [5.74, 6) is 0.0349. The Labute approximate surface area is 175 Å². The molecule has 4 aromatic rings. The molecule has 1 heterocycles. The normalized spacial score (nSPS) is 10.9. The molecule has 0 saturated heterocycles. The van der Waals surface area contributed by atoms with E-state index in [4.69, 9.17) is 0 Å². The number of thiazole rings is 1. The predicted molar refractivity (Wildman–Crippen MR) is 116 cm³/mol. The molecule has 0 aliphatic carbocycles. The summed E-state index contributed by atoms with van der Waals surface area (Å²) in [5, 5.41) is 7.83. The summed E-state index contributed by atoms with van der Waals surface area (Å²) in [6, 6.07) is 19.4. The van der Waals surface area contributed by atoms with E-state index >= 15 is 0 Å². The minimum atomic E-state index is -2.94. The monoisotopic (exact) mass is 425 g/mol. The smallest absolute Gasteiger partial charge is 0.387 e. The summed E-state index contributed by atoms with van der Waals surface area (Å²) in [6.45, 7) is -1.13. The zero-order valence-electron chi connectivity index (χ0n) is 15.9. The zero-order valence-corrected chi connectivity index (χ0v) is 16.7. The quantitative estimate of drug-likeness (QED) is 0.383. The molecule has 0 atom stereocenters. The van der Waals surface area contributed by atoms with Crippen molar-refractivity contribution in [2.45, 2.75) is 13.5 Å². The molecule has 4 rings (SSSR count). The van der Waals surface area contributed by atoms with Gasteiger partial charge in [0.15, 0.2) is 5.13 Å². The summed E-state index contributed by atoms with van der Waals surface area (Å²) in [4.78, 5) is 17.7. The highest BCUT2D eigenvalue weighted by molar-refractivity contribution is 7.16. The molecule has 0 spiro atoms. The fraction of sp³-hybridized carbons (Fsp3) is 0.0909. The summed E-state index contributed by atoms with van der Waals surface area (Å²) < 4.78 is 30.0. The molecule has 0 fully saturated rings. The van der Waals surface area contributed by atoms with Crippen LogP contribution in [0.3, 0.4) is 0 Å². The van der Waals surface area contributed by atoms with Crippen LogP contribution in [0.2, 0.25) is 0 Å². The van der Waals surface area contributed by atoms with Crippen molar-refractivity contribution < 1.29 is 18.3 Å². The first-order chi connectivity index (χ1) is 14.5. The molecular weight excluding hydrogens is 408 g/mol. The SMILES string of the molecule is Cc1sc(NC(=O)Nc2cccc3ccccc23)nc1-c1ccccc1OC(F)F. The van der Waals surface area contributed by atoms with Crippen LogP contribution in [-0.2, 0) is 0 Å². The van der Waals surface area contributed by atoms with E-state index in [1.807, 2.05) is 42.5 Å². The van der Waals surface area contributed by atoms with Crippen molar-refractivity contribution in [2.24, 2.45) is 0 Å². The van der Waals surface area contributed by atoms with Crippen LogP contribution in [0.1, 0.15) is 4.88 Å². The van der Waals surface area contributed by atoms with Gasteiger partial charge in [-0.2, -0.15) is 8.78 Å². The van der Waals surface area contributed by atoms with Crippen LogP contribution in [0.5, 0.6) is 5.75 Å². The summed E-state index contributed by atoms with van der Waals surface area (Å²) in [5.41, 5.74) is 1.60. The molecule has 3 aromatic carbocycles. The van der Waals surface area contributed by atoms with Crippen LogP contribution in [0, 0.1) is 6.92 Å². The van der Waals surface area contributed by atoms with Crippen LogP contribution in [-0.4, -0.2) is 17.6 Å². The molecule has 0 saturated carbocycles. The largest absolute Gasteiger partial charge is 0.434 e. The highest BCUT2D eigenvalue weighted by Crippen LogP contribution is 2.36. The van der Waals surface area contributed by atoms with Gasteiger partial charge in [-0.15, -0.1) is 11.3 Å². The minimum Gasteiger partial charge on any atom is -0.434 e. The third-order valence-electron chi connectivity index (χ3n) is 4.41. The highest BCUT2D eigenvalue weighted by atomic mass is 32.1. The Balaban J connectivity index is 1.55. The maximum atomic E-state index is 12.7. The van der Waals surface area contributed by atoms with Crippen molar-refractivity contribution in [2.75, 3.05) is 10.6 Å². The second-order valence-corrected chi connectivity index (χ2v) is 7.61. The number of aryl methyl sites for hydroxylation is 1. The van der Waals surface area contributed by atoms with Gasteiger partial charge >= 0.3 is 12.6 Å². The lowest BCUT2D eigenvalue weighted by molar-refractivity contribution is -0.0494. The first-order valence-electron chi connectivity index (χ1n) is 9.08. The molecular formula is C22H17F2N3O2S. The van der Waals surface area contributed by atoms with Crippen molar-refractivity contribution in [1.29, 1.82) is 0 Å². The topological polar surface area (TPSA) is 63.2 Å². The number of rotatable bonds is 5. The number of ether oxygens (including phenoxy) is 1. The van der Waals surface area contributed by atoms with Gasteiger partial charge in [0, 0.05) is 15.8 Å². The molecule has 1 aromatic heterocycles. The van der Waals surface area contributed by atoms with E-state index in [1.165, 1.54) is 17.4 Å². The van der Waals surface area contributed by atoms with Gasteiger partial charge in [0.05, 0.1) is 11.4 Å². The van der Waals surface area contributed by atoms with Crippen molar-refractivity contribution in [3.63, 3.8) is 0 Å². The van der Waals surface area contributed by atoms with Crippen molar-refractivity contribution in [1.82, 2.24) is 4.98 Å². The van der Waals surface area contributed by atoms with Crippen LogP contribution < -0.4 is 15.4 Å². The summed E-state index contributed by atoms with van der Waals surface area (Å²) in [7, 11) is 0. The third kappa shape index (κ3) is 4.23. The second kappa shape index (κ2) is 8.46. The molecule has 30 heavy (non-hydrogen) atoms. The van der Waals surface area contributed by atoms with E-state index in [0.29, 0.717) is 22.1 Å². The fourth-order valence-electron chi connectivity index (χ4n) is 3.15. The number of nitrogens with zero attached hydrogens (tertiary/aromatic N) is 1. The second-order valence-electron chi connectivity index (χ2n) is 6.40. The molecule has 0 unspecified atom stereocenters. The van der Waals surface area contributed by atoms with Crippen LogP contribution in [0.4, 0.5) is 24.4 Å². The van der Waals surface area contributed by atoms with Crippen molar-refractivity contribution in [3.05, 3.63) is 71.6 Å². The third-order valence-corrected chi connectivity index (χ3v) is 5.30. The molecule has 0 bridgehead atoms. The predicted octanol–water partition coefficient (Wildman–Crippen LogP) is 6.52. The van der Waals surface area contributed by atoms with E-state index < -0.39 is 12.6 Å². The minimum absolute atomic E-state index is 0.0349. The van der Waals surface area contributed by atoms with Crippen LogP contribution in [0.25, 0.3) is 22.0 Å². The molecule has 8 heteroatoms. The lowest BCUT2D eigenvalue weighted by atomic mass is 10.1. The number of benzene rings is 3. The van der Waals surface area contributed by atoms with Crippen molar-refractivity contribution >= 4 is 39.0 Å². The summed E-state index contributed by atoms with van der Waals surface area (Å²) >= 11 is 1.25. The molecule has 2 amide bonds. The van der Waals surface area contributed by atoms with Crippen LogP contribution in [0.15, 0.2) is 66.7 Å². The van der Waals surface area contributed by atoms with Crippen LogP contribution >= 0.6 is 11.3 Å². The Hall–Kier alpha value is -3.52. The van der Waals surface area contributed by atoms with Gasteiger partial charge in [-0.3, -0.25) is 5.32 Å². The Morgan fingerprint density at radius 3 is 2.57 bits per heavy atom. The molecule has 2 N–H and O–H groups in total. The molecule has 0 aliphatic heterocycles. The lowest BCUT2D eigenvalue weighted by Gasteiger charge is -2.09. The number of hydrogen-bond donors (Lipinski definition) is 2. The average Bonchev–Trinajstić information content (AvgIpc) is 3.08. The van der Waals surface area contributed by atoms with E-state index in [-0.39, 0.29) is 5.75 Å². The Morgan fingerprint density at radius 2 is 1.73 bits per heavy atom. The molecule has 0 radical (unpaired) electrons. The number of anilines is 2. The molecule has 152 valence electrons. The number of urea groups is 1. The standard InChI is InChI=1S/C22H17F2N3O2S/c1-13-19(16-10-4-5-12-18(16)29-20(23)24)26-22(30-13)27-21(28)25-17-11-6-8-14-7-2-3-9-15(14)17/h2-12,20H,1H3,(H2,25,26,27,28). The number of carbonyl (C=O) groups is 1. The summed E-state index contributed by atoms with van der Waals surface area (Å²) in [6.07, 6.45) is 0. The number of para-hydroxylation sites is 1. The van der Waals surface area contributed by atoms with E-state index in [1.54, 1.807) is 25.1 Å². The number of halogens is 2. The van der Waals surface area contributed by atoms with E-state index in [0.717, 1.165) is 15.6 Å². The lowest BCUT2D eigenvalue weighted by Crippen LogP contribution is -2.19. The zero-order chi connectivity index (χ0) is 21.1. The first-order valence-corrected chi connectivity index (χ1v) is 9.90. The van der Waals surface area contributed by atoms with E-state index in [9.17, 15) is 13.6 Å². The van der Waals surface area contributed by atoms with E-state index in [2.05, 4.69) is 20.4 Å². The average molecular weight is 425 g/mol. The maximum absolute atomic E-state index is 12.7. The van der Waals surface area contributed by atoms with Gasteiger partial charge in [-0.25, -0.2) is 9.78 Å². The molecule has 5 nitrogen and oxygen atoms in total. The van der Waals surface area contributed by atoms with Gasteiger partial charge in [-0.05, 0) is 30.5 Å². The first kappa shape index (κ1) is 19.8.